The highest BCUT2D eigenvalue weighted by Gasteiger charge is 2.20. The van der Waals surface area contributed by atoms with E-state index in [4.69, 9.17) is 4.42 Å². The zero-order chi connectivity index (χ0) is 40.3. The zero-order valence-electron chi connectivity index (χ0n) is 33.2. The molecule has 0 saturated heterocycles. The van der Waals surface area contributed by atoms with Crippen molar-refractivity contribution < 1.29 is 4.42 Å². The van der Waals surface area contributed by atoms with Crippen LogP contribution < -0.4 is 4.90 Å². The third-order valence-electron chi connectivity index (χ3n) is 12.2. The van der Waals surface area contributed by atoms with E-state index < -0.39 is 0 Å². The molecule has 0 aliphatic heterocycles. The Morgan fingerprint density at radius 1 is 0.328 bits per heavy atom. The summed E-state index contributed by atoms with van der Waals surface area (Å²) in [4.78, 5) is 2.37. The summed E-state index contributed by atoms with van der Waals surface area (Å²) in [6.07, 6.45) is 0. The van der Waals surface area contributed by atoms with E-state index in [9.17, 15) is 0 Å². The Kier molecular flexibility index (Phi) is 8.17. The molecular formula is C58H38N2O. The van der Waals surface area contributed by atoms with E-state index in [-0.39, 0.29) is 0 Å². The molecule has 0 N–H and O–H groups in total. The number of furan rings is 1. The lowest BCUT2D eigenvalue weighted by Crippen LogP contribution is -2.10. The summed E-state index contributed by atoms with van der Waals surface area (Å²) >= 11 is 0. The van der Waals surface area contributed by atoms with Crippen LogP contribution in [0.25, 0.3) is 93.6 Å². The van der Waals surface area contributed by atoms with E-state index in [1.807, 2.05) is 12.1 Å². The van der Waals surface area contributed by atoms with Crippen LogP contribution in [0.3, 0.4) is 0 Å². The third-order valence-corrected chi connectivity index (χ3v) is 12.2. The topological polar surface area (TPSA) is 21.3 Å². The Balaban J connectivity index is 0.994. The number of fused-ring (bicyclic) bond motifs is 7. The van der Waals surface area contributed by atoms with Gasteiger partial charge in [0.2, 0.25) is 0 Å². The predicted octanol–water partition coefficient (Wildman–Crippen LogP) is 16.3. The number of hydrogen-bond donors (Lipinski definition) is 0. The van der Waals surface area contributed by atoms with Crippen LogP contribution in [0.1, 0.15) is 0 Å². The van der Waals surface area contributed by atoms with Gasteiger partial charge in [0.25, 0.3) is 0 Å². The maximum absolute atomic E-state index is 6.45. The van der Waals surface area contributed by atoms with Crippen LogP contribution in [0.5, 0.6) is 0 Å². The van der Waals surface area contributed by atoms with Crippen LogP contribution in [0.4, 0.5) is 17.1 Å². The first-order valence-corrected chi connectivity index (χ1v) is 20.8. The van der Waals surface area contributed by atoms with E-state index >= 15 is 0 Å². The molecule has 286 valence electrons. The summed E-state index contributed by atoms with van der Waals surface area (Å²) in [5.74, 6) is 0. The quantitative estimate of drug-likeness (QED) is 0.161. The lowest BCUT2D eigenvalue weighted by molar-refractivity contribution is 0.670. The monoisotopic (exact) mass is 778 g/mol. The van der Waals surface area contributed by atoms with Gasteiger partial charge in [-0.05, 0) is 93.7 Å². The van der Waals surface area contributed by atoms with Crippen molar-refractivity contribution in [3.8, 4) is 39.1 Å². The number of aromatic nitrogens is 1. The van der Waals surface area contributed by atoms with Gasteiger partial charge in [0.1, 0.15) is 11.2 Å². The standard InChI is InChI=1S/C58H38N2O/c1-2-16-41-37-45(36-31-39(41)15-1)59(43-34-32-40(33-35-43)47-25-14-26-53-52-24-8-12-30-57(52)61-58(47)53)44-18-13-17-42(38-44)46-19-3-4-20-48(46)49-21-5-9-27-54(49)60-55-28-10-6-22-50(55)51-23-7-11-29-56(51)60/h1-38H. The lowest BCUT2D eigenvalue weighted by atomic mass is 9.93. The van der Waals surface area contributed by atoms with Gasteiger partial charge in [-0.1, -0.05) is 170 Å². The Morgan fingerprint density at radius 3 is 1.70 bits per heavy atom. The van der Waals surface area contributed by atoms with Crippen molar-refractivity contribution in [3.63, 3.8) is 0 Å². The molecule has 0 aliphatic carbocycles. The van der Waals surface area contributed by atoms with Crippen LogP contribution in [-0.2, 0) is 0 Å². The molecule has 0 saturated carbocycles. The van der Waals surface area contributed by atoms with Gasteiger partial charge in [0, 0.05) is 49.7 Å². The van der Waals surface area contributed by atoms with E-state index in [1.165, 1.54) is 49.3 Å². The molecule has 2 aromatic heterocycles. The number of hydrogen-bond acceptors (Lipinski definition) is 2. The molecule has 0 bridgehead atoms. The second-order valence-electron chi connectivity index (χ2n) is 15.7. The summed E-state index contributed by atoms with van der Waals surface area (Å²) in [5.41, 5.74) is 15.5. The molecule has 12 rings (SSSR count). The fraction of sp³-hybridized carbons (Fsp3) is 0. The van der Waals surface area contributed by atoms with Gasteiger partial charge in [0.05, 0.1) is 16.7 Å². The van der Waals surface area contributed by atoms with Gasteiger partial charge in [0.15, 0.2) is 0 Å². The Morgan fingerprint density at radius 2 is 0.902 bits per heavy atom. The first kappa shape index (κ1) is 34.9. The van der Waals surface area contributed by atoms with Gasteiger partial charge >= 0.3 is 0 Å². The van der Waals surface area contributed by atoms with E-state index in [0.29, 0.717) is 0 Å². The summed E-state index contributed by atoms with van der Waals surface area (Å²) in [6.45, 7) is 0. The third kappa shape index (κ3) is 5.82. The minimum absolute atomic E-state index is 0.903. The molecule has 2 heterocycles. The van der Waals surface area contributed by atoms with Crippen molar-refractivity contribution >= 4 is 71.6 Å². The molecule has 0 amide bonds. The van der Waals surface area contributed by atoms with Crippen molar-refractivity contribution in [2.24, 2.45) is 0 Å². The normalized spacial score (nSPS) is 11.6. The summed E-state index contributed by atoms with van der Waals surface area (Å²) in [7, 11) is 0. The second-order valence-corrected chi connectivity index (χ2v) is 15.7. The van der Waals surface area contributed by atoms with Gasteiger partial charge in [-0.3, -0.25) is 0 Å². The molecule has 0 fully saturated rings. The molecule has 0 radical (unpaired) electrons. The van der Waals surface area contributed by atoms with Gasteiger partial charge in [-0.25, -0.2) is 0 Å². The molecule has 0 aliphatic rings. The Labute approximate surface area is 353 Å². The average Bonchev–Trinajstić information content (AvgIpc) is 3.88. The van der Waals surface area contributed by atoms with Crippen molar-refractivity contribution in [1.29, 1.82) is 0 Å². The molecule has 0 unspecified atom stereocenters. The largest absolute Gasteiger partial charge is 0.455 e. The summed E-state index contributed by atoms with van der Waals surface area (Å²) in [5, 5.41) is 7.18. The van der Waals surface area contributed by atoms with Crippen molar-refractivity contribution in [2.75, 3.05) is 4.90 Å². The predicted molar refractivity (Wildman–Crippen MR) is 257 cm³/mol. The Hall–Kier alpha value is -8.14. The molecule has 61 heavy (non-hydrogen) atoms. The van der Waals surface area contributed by atoms with Crippen molar-refractivity contribution in [2.45, 2.75) is 0 Å². The van der Waals surface area contributed by atoms with E-state index in [2.05, 4.69) is 228 Å². The molecule has 0 spiro atoms. The van der Waals surface area contributed by atoms with Crippen molar-refractivity contribution in [1.82, 2.24) is 4.57 Å². The van der Waals surface area contributed by atoms with Crippen LogP contribution >= 0.6 is 0 Å². The van der Waals surface area contributed by atoms with Crippen LogP contribution in [0.2, 0.25) is 0 Å². The van der Waals surface area contributed by atoms with Crippen LogP contribution in [-0.4, -0.2) is 4.57 Å². The number of nitrogens with zero attached hydrogens (tertiary/aromatic N) is 2. The zero-order valence-corrected chi connectivity index (χ0v) is 33.2. The summed E-state index contributed by atoms with van der Waals surface area (Å²) in [6, 6.07) is 83.0. The minimum Gasteiger partial charge on any atom is -0.455 e. The fourth-order valence-electron chi connectivity index (χ4n) is 9.39. The molecule has 3 nitrogen and oxygen atoms in total. The minimum atomic E-state index is 0.903. The summed E-state index contributed by atoms with van der Waals surface area (Å²) < 4.78 is 8.87. The van der Waals surface area contributed by atoms with E-state index in [1.54, 1.807) is 0 Å². The maximum atomic E-state index is 6.45. The number of rotatable bonds is 7. The van der Waals surface area contributed by atoms with Crippen LogP contribution in [0, 0.1) is 0 Å². The average molecular weight is 779 g/mol. The molecule has 12 aromatic rings. The van der Waals surface area contributed by atoms with Gasteiger partial charge in [-0.15, -0.1) is 0 Å². The Bertz CT molecular complexity index is 3560. The lowest BCUT2D eigenvalue weighted by Gasteiger charge is -2.27. The molecule has 10 aromatic carbocycles. The van der Waals surface area contributed by atoms with E-state index in [0.717, 1.165) is 61.4 Å². The first-order chi connectivity index (χ1) is 30.3. The second kappa shape index (κ2) is 14.3. The van der Waals surface area contributed by atoms with Crippen molar-refractivity contribution in [3.05, 3.63) is 231 Å². The molecule has 3 heteroatoms. The highest BCUT2D eigenvalue weighted by molar-refractivity contribution is 6.11. The van der Waals surface area contributed by atoms with Gasteiger partial charge < -0.3 is 13.9 Å². The smallest absolute Gasteiger partial charge is 0.143 e. The maximum Gasteiger partial charge on any atom is 0.143 e. The molecular weight excluding hydrogens is 741 g/mol. The first-order valence-electron chi connectivity index (χ1n) is 20.8. The van der Waals surface area contributed by atoms with Crippen LogP contribution in [0.15, 0.2) is 235 Å². The van der Waals surface area contributed by atoms with Gasteiger partial charge in [-0.2, -0.15) is 0 Å². The fourth-order valence-corrected chi connectivity index (χ4v) is 9.39. The number of benzene rings is 10. The number of para-hydroxylation sites is 5. The highest BCUT2D eigenvalue weighted by Crippen LogP contribution is 2.43. The highest BCUT2D eigenvalue weighted by atomic mass is 16.3. The SMILES string of the molecule is c1cc(-c2ccccc2-c2ccccc2-n2c3ccccc3c3ccccc32)cc(N(c2ccc(-c3cccc4c3oc3ccccc34)cc2)c2ccc3ccccc3c2)c1. The number of anilines is 3. The molecule has 0 atom stereocenters.